The van der Waals surface area contributed by atoms with Crippen molar-refractivity contribution in [2.75, 3.05) is 26.2 Å². The summed E-state index contributed by atoms with van der Waals surface area (Å²) in [5.41, 5.74) is 2.19. The predicted octanol–water partition coefficient (Wildman–Crippen LogP) is 1.98. The van der Waals surface area contributed by atoms with Gasteiger partial charge in [0.2, 0.25) is 0 Å². The number of nitrogens with one attached hydrogen (secondary N) is 1. The van der Waals surface area contributed by atoms with Gasteiger partial charge in [0.05, 0.1) is 17.8 Å². The molecule has 3 heterocycles. The molecule has 0 radical (unpaired) electrons. The maximum absolute atomic E-state index is 4.85. The van der Waals surface area contributed by atoms with Crippen LogP contribution in [0.4, 0.5) is 0 Å². The van der Waals surface area contributed by atoms with E-state index in [9.17, 15) is 0 Å². The molecule has 0 aliphatic carbocycles. The van der Waals surface area contributed by atoms with Crippen molar-refractivity contribution in [3.63, 3.8) is 0 Å². The molecule has 0 bridgehead atoms. The van der Waals surface area contributed by atoms with E-state index in [2.05, 4.69) is 46.6 Å². The largest absolute Gasteiger partial charge is 0.324 e. The van der Waals surface area contributed by atoms with Crippen LogP contribution in [0.3, 0.4) is 0 Å². The van der Waals surface area contributed by atoms with Crippen molar-refractivity contribution in [1.29, 1.82) is 0 Å². The van der Waals surface area contributed by atoms with Gasteiger partial charge in [-0.1, -0.05) is 0 Å². The molecule has 1 aliphatic heterocycles. The second-order valence-electron chi connectivity index (χ2n) is 5.76. The normalized spacial score (nSPS) is 18.8. The minimum absolute atomic E-state index is 0.340. The molecular formula is C15H23N5. The number of hydrogen-bond donors (Lipinski definition) is 1. The van der Waals surface area contributed by atoms with Crippen molar-refractivity contribution in [1.82, 2.24) is 24.8 Å². The van der Waals surface area contributed by atoms with Crippen LogP contribution in [-0.2, 0) is 0 Å². The van der Waals surface area contributed by atoms with Crippen molar-refractivity contribution in [3.8, 4) is 0 Å². The molecule has 1 aliphatic rings. The Kier molecular flexibility index (Phi) is 3.72. The molecule has 0 aromatic carbocycles. The molecule has 1 N–H and O–H groups in total. The number of pyridine rings is 1. The van der Waals surface area contributed by atoms with Gasteiger partial charge in [-0.05, 0) is 26.8 Å². The van der Waals surface area contributed by atoms with Crippen molar-refractivity contribution >= 4 is 11.0 Å². The summed E-state index contributed by atoms with van der Waals surface area (Å²) in [7, 11) is 0. The van der Waals surface area contributed by atoms with E-state index in [1.54, 1.807) is 0 Å². The van der Waals surface area contributed by atoms with Crippen molar-refractivity contribution < 1.29 is 0 Å². The van der Waals surface area contributed by atoms with Gasteiger partial charge in [0.1, 0.15) is 11.3 Å². The van der Waals surface area contributed by atoms with E-state index < -0.39 is 0 Å². The van der Waals surface area contributed by atoms with E-state index in [1.807, 2.05) is 12.4 Å². The molecule has 0 spiro atoms. The fraction of sp³-hybridized carbons (Fsp3) is 0.600. The van der Waals surface area contributed by atoms with Gasteiger partial charge in [-0.3, -0.25) is 9.88 Å². The maximum Gasteiger partial charge on any atom is 0.127 e. The number of aromatic nitrogens is 3. The summed E-state index contributed by atoms with van der Waals surface area (Å²) in [6, 6.07) is 2.81. The monoisotopic (exact) mass is 273 g/mol. The zero-order valence-corrected chi connectivity index (χ0v) is 12.5. The molecule has 108 valence electrons. The molecule has 3 rings (SSSR count). The first kappa shape index (κ1) is 13.5. The Labute approximate surface area is 120 Å². The van der Waals surface area contributed by atoms with E-state index in [0.29, 0.717) is 12.1 Å². The first-order chi connectivity index (χ1) is 9.68. The van der Waals surface area contributed by atoms with Crippen molar-refractivity contribution in [3.05, 3.63) is 24.3 Å². The third-order valence-electron chi connectivity index (χ3n) is 4.11. The summed E-state index contributed by atoms with van der Waals surface area (Å²) in [5.74, 6) is 1.16. The average Bonchev–Trinajstić information content (AvgIpc) is 2.86. The van der Waals surface area contributed by atoms with Crippen LogP contribution in [0.1, 0.15) is 38.7 Å². The van der Waals surface area contributed by atoms with Crippen LogP contribution in [0.5, 0.6) is 0 Å². The summed E-state index contributed by atoms with van der Waals surface area (Å²) in [5, 5.41) is 3.41. The summed E-state index contributed by atoms with van der Waals surface area (Å²) in [6.45, 7) is 11.0. The highest BCUT2D eigenvalue weighted by Gasteiger charge is 2.24. The standard InChI is InChI=1S/C15H23N5/c1-11(2)20-14-4-5-17-10-13(14)18-15(20)12(3)19-8-6-16-7-9-19/h4-5,10-12,16H,6-9H2,1-3H3. The van der Waals surface area contributed by atoms with Crippen LogP contribution >= 0.6 is 0 Å². The number of fused-ring (bicyclic) bond motifs is 1. The lowest BCUT2D eigenvalue weighted by atomic mass is 10.2. The number of imidazole rings is 1. The van der Waals surface area contributed by atoms with Crippen LogP contribution in [0.15, 0.2) is 18.5 Å². The summed E-state index contributed by atoms with van der Waals surface area (Å²) in [6.07, 6.45) is 3.71. The SMILES string of the molecule is CC(c1nc2cnccc2n1C(C)C)N1CCNCC1. The van der Waals surface area contributed by atoms with E-state index in [1.165, 1.54) is 5.52 Å². The summed E-state index contributed by atoms with van der Waals surface area (Å²) >= 11 is 0. The fourth-order valence-electron chi connectivity index (χ4n) is 3.04. The zero-order chi connectivity index (χ0) is 14.1. The molecule has 1 fully saturated rings. The highest BCUT2D eigenvalue weighted by atomic mass is 15.2. The van der Waals surface area contributed by atoms with Gasteiger partial charge >= 0.3 is 0 Å². The highest BCUT2D eigenvalue weighted by molar-refractivity contribution is 5.75. The average molecular weight is 273 g/mol. The van der Waals surface area contributed by atoms with E-state index >= 15 is 0 Å². The molecule has 20 heavy (non-hydrogen) atoms. The summed E-state index contributed by atoms with van der Waals surface area (Å²) < 4.78 is 2.35. The lowest BCUT2D eigenvalue weighted by molar-refractivity contribution is 0.175. The first-order valence-electron chi connectivity index (χ1n) is 7.45. The molecule has 0 saturated carbocycles. The Morgan fingerprint density at radius 2 is 1.95 bits per heavy atom. The Morgan fingerprint density at radius 3 is 2.65 bits per heavy atom. The van der Waals surface area contributed by atoms with Gasteiger partial charge < -0.3 is 9.88 Å². The quantitative estimate of drug-likeness (QED) is 0.929. The summed E-state index contributed by atoms with van der Waals surface area (Å²) in [4.78, 5) is 11.6. The lowest BCUT2D eigenvalue weighted by Crippen LogP contribution is -2.45. The van der Waals surface area contributed by atoms with E-state index in [-0.39, 0.29) is 0 Å². The second-order valence-corrected chi connectivity index (χ2v) is 5.76. The number of rotatable bonds is 3. The second kappa shape index (κ2) is 5.50. The lowest BCUT2D eigenvalue weighted by Gasteiger charge is -2.33. The van der Waals surface area contributed by atoms with Gasteiger partial charge in [0, 0.05) is 38.4 Å². The molecule has 0 amide bonds. The Balaban J connectivity index is 2.03. The molecule has 1 saturated heterocycles. The molecule has 2 aromatic rings. The smallest absolute Gasteiger partial charge is 0.127 e. The Bertz CT molecular complexity index is 583. The van der Waals surface area contributed by atoms with Crippen LogP contribution in [0, 0.1) is 0 Å². The Morgan fingerprint density at radius 1 is 1.20 bits per heavy atom. The van der Waals surface area contributed by atoms with Gasteiger partial charge in [-0.25, -0.2) is 4.98 Å². The third kappa shape index (κ3) is 2.31. The van der Waals surface area contributed by atoms with Gasteiger partial charge in [0.25, 0.3) is 0 Å². The first-order valence-corrected chi connectivity index (χ1v) is 7.45. The van der Waals surface area contributed by atoms with E-state index in [0.717, 1.165) is 37.5 Å². The zero-order valence-electron chi connectivity index (χ0n) is 12.5. The number of piperazine rings is 1. The van der Waals surface area contributed by atoms with Crippen molar-refractivity contribution in [2.24, 2.45) is 0 Å². The van der Waals surface area contributed by atoms with Crippen LogP contribution in [0.2, 0.25) is 0 Å². The minimum Gasteiger partial charge on any atom is -0.324 e. The minimum atomic E-state index is 0.340. The topological polar surface area (TPSA) is 46.0 Å². The highest BCUT2D eigenvalue weighted by Crippen LogP contribution is 2.27. The molecule has 1 unspecified atom stereocenters. The van der Waals surface area contributed by atoms with Crippen LogP contribution in [0.25, 0.3) is 11.0 Å². The van der Waals surface area contributed by atoms with Crippen molar-refractivity contribution in [2.45, 2.75) is 32.9 Å². The van der Waals surface area contributed by atoms with Crippen LogP contribution in [-0.4, -0.2) is 45.6 Å². The molecule has 1 atom stereocenters. The molecule has 2 aromatic heterocycles. The fourth-order valence-corrected chi connectivity index (χ4v) is 3.04. The molecule has 5 nitrogen and oxygen atoms in total. The predicted molar refractivity (Wildman–Crippen MR) is 80.8 cm³/mol. The number of nitrogens with zero attached hydrogens (tertiary/aromatic N) is 4. The third-order valence-corrected chi connectivity index (χ3v) is 4.11. The number of hydrogen-bond acceptors (Lipinski definition) is 4. The van der Waals surface area contributed by atoms with Gasteiger partial charge in [-0.2, -0.15) is 0 Å². The van der Waals surface area contributed by atoms with Gasteiger partial charge in [-0.15, -0.1) is 0 Å². The molecular weight excluding hydrogens is 250 g/mol. The Hall–Kier alpha value is -1.46. The molecule has 5 heteroatoms. The maximum atomic E-state index is 4.85. The van der Waals surface area contributed by atoms with E-state index in [4.69, 9.17) is 4.98 Å². The van der Waals surface area contributed by atoms with Crippen LogP contribution < -0.4 is 5.32 Å². The van der Waals surface area contributed by atoms with Gasteiger partial charge in [0.15, 0.2) is 0 Å².